The van der Waals surface area contributed by atoms with Crippen molar-refractivity contribution in [2.24, 2.45) is 0 Å². The van der Waals surface area contributed by atoms with Gasteiger partial charge in [-0.2, -0.15) is 5.26 Å². The van der Waals surface area contributed by atoms with Crippen LogP contribution in [-0.2, 0) is 0 Å². The van der Waals surface area contributed by atoms with E-state index in [-0.39, 0.29) is 11.3 Å². The maximum Gasteiger partial charge on any atom is 0.266 e. The van der Waals surface area contributed by atoms with Crippen molar-refractivity contribution in [1.82, 2.24) is 4.98 Å². The van der Waals surface area contributed by atoms with Gasteiger partial charge in [-0.05, 0) is 32.0 Å². The number of nitrogens with zero attached hydrogens (tertiary/aromatic N) is 1. The van der Waals surface area contributed by atoms with Gasteiger partial charge < -0.3 is 14.8 Å². The summed E-state index contributed by atoms with van der Waals surface area (Å²) in [6.45, 7) is 3.94. The number of aromatic amines is 1. The highest BCUT2D eigenvalue weighted by molar-refractivity contribution is 9.10. The molecule has 0 amide bonds. The first-order valence-corrected chi connectivity index (χ1v) is 7.07. The Hall–Kier alpha value is -2.26. The van der Waals surface area contributed by atoms with Gasteiger partial charge in [0.05, 0.1) is 6.61 Å². The Morgan fingerprint density at radius 2 is 2.10 bits per heavy atom. The number of nitriles is 1. The second kappa shape index (κ2) is 6.02. The Morgan fingerprint density at radius 1 is 1.38 bits per heavy atom. The lowest BCUT2D eigenvalue weighted by Gasteiger charge is -2.12. The van der Waals surface area contributed by atoms with Crippen molar-refractivity contribution < 1.29 is 9.84 Å². The number of rotatable bonds is 3. The van der Waals surface area contributed by atoms with Crippen LogP contribution in [-0.4, -0.2) is 16.7 Å². The normalized spacial score (nSPS) is 10.2. The molecule has 0 aliphatic rings. The Morgan fingerprint density at radius 3 is 2.71 bits per heavy atom. The molecule has 1 aromatic heterocycles. The largest absolute Gasteiger partial charge is 0.504 e. The summed E-state index contributed by atoms with van der Waals surface area (Å²) in [5.41, 5.74) is 1.33. The number of hydrogen-bond donors (Lipinski definition) is 2. The van der Waals surface area contributed by atoms with Crippen LogP contribution in [0.15, 0.2) is 27.5 Å². The molecule has 5 nitrogen and oxygen atoms in total. The van der Waals surface area contributed by atoms with E-state index in [1.54, 1.807) is 26.0 Å². The van der Waals surface area contributed by atoms with Gasteiger partial charge in [0.2, 0.25) is 0 Å². The van der Waals surface area contributed by atoms with Crippen molar-refractivity contribution in [2.75, 3.05) is 6.61 Å². The van der Waals surface area contributed by atoms with Gasteiger partial charge in [0, 0.05) is 21.3 Å². The molecule has 2 rings (SSSR count). The van der Waals surface area contributed by atoms with Crippen LogP contribution >= 0.6 is 15.9 Å². The Balaban J connectivity index is 2.76. The zero-order valence-corrected chi connectivity index (χ0v) is 13.1. The number of H-pyrrole nitrogens is 1. The fourth-order valence-electron chi connectivity index (χ4n) is 2.03. The molecule has 2 N–H and O–H groups in total. The van der Waals surface area contributed by atoms with E-state index < -0.39 is 5.56 Å². The maximum absolute atomic E-state index is 11.9. The molecule has 0 aliphatic heterocycles. The number of phenolic OH excluding ortho intramolecular Hbond substituents is 1. The minimum atomic E-state index is -0.439. The highest BCUT2D eigenvalue weighted by atomic mass is 79.9. The maximum atomic E-state index is 11.9. The van der Waals surface area contributed by atoms with Crippen LogP contribution in [0, 0.1) is 18.3 Å². The van der Waals surface area contributed by atoms with Gasteiger partial charge in [0.15, 0.2) is 11.5 Å². The molecule has 0 saturated carbocycles. The highest BCUT2D eigenvalue weighted by Gasteiger charge is 2.16. The summed E-state index contributed by atoms with van der Waals surface area (Å²) in [5.74, 6) is 0.296. The molecule has 108 valence electrons. The standard InChI is InChI=1S/C15H13BrN2O3/c1-3-21-14-5-10(12(16)6-13(14)19)9-4-8(2)18-15(20)11(9)7-17/h4-6,19H,3H2,1-2H3,(H,18,20). The van der Waals surface area contributed by atoms with E-state index in [4.69, 9.17) is 4.74 Å². The quantitative estimate of drug-likeness (QED) is 0.892. The van der Waals surface area contributed by atoms with Crippen molar-refractivity contribution in [3.8, 4) is 28.7 Å². The molecule has 6 heteroatoms. The van der Waals surface area contributed by atoms with Crippen molar-refractivity contribution >= 4 is 15.9 Å². The average Bonchev–Trinajstić information content (AvgIpc) is 2.41. The number of nitrogens with one attached hydrogen (secondary N) is 1. The molecule has 0 bridgehead atoms. The van der Waals surface area contributed by atoms with Gasteiger partial charge in [-0.1, -0.05) is 15.9 Å². The van der Waals surface area contributed by atoms with Crippen LogP contribution in [0.4, 0.5) is 0 Å². The third-order valence-corrected chi connectivity index (χ3v) is 3.57. The van der Waals surface area contributed by atoms with Gasteiger partial charge in [0.25, 0.3) is 5.56 Å². The molecular weight excluding hydrogens is 336 g/mol. The topological polar surface area (TPSA) is 86.1 Å². The van der Waals surface area contributed by atoms with Crippen molar-refractivity contribution in [2.45, 2.75) is 13.8 Å². The molecular formula is C15H13BrN2O3. The molecule has 0 unspecified atom stereocenters. The Bertz CT molecular complexity index is 791. The summed E-state index contributed by atoms with van der Waals surface area (Å²) in [6, 6.07) is 6.72. The lowest BCUT2D eigenvalue weighted by molar-refractivity contribution is 0.318. The number of halogens is 1. The number of benzene rings is 1. The van der Waals surface area contributed by atoms with Gasteiger partial charge in [-0.25, -0.2) is 0 Å². The predicted octanol–water partition coefficient (Wildman–Crippen LogP) is 3.09. The monoisotopic (exact) mass is 348 g/mol. The average molecular weight is 349 g/mol. The van der Waals surface area contributed by atoms with Crippen LogP contribution in [0.25, 0.3) is 11.1 Å². The second-order valence-electron chi connectivity index (χ2n) is 4.41. The molecule has 2 aromatic rings. The number of hydrogen-bond acceptors (Lipinski definition) is 4. The SMILES string of the molecule is CCOc1cc(-c2cc(C)[nH]c(=O)c2C#N)c(Br)cc1O. The third kappa shape index (κ3) is 2.93. The lowest BCUT2D eigenvalue weighted by Crippen LogP contribution is -2.12. The minimum absolute atomic E-state index is 0.00690. The number of ether oxygens (including phenoxy) is 1. The van der Waals surface area contributed by atoms with E-state index in [0.717, 1.165) is 0 Å². The molecule has 0 atom stereocenters. The first-order valence-electron chi connectivity index (χ1n) is 6.27. The van der Waals surface area contributed by atoms with Crippen molar-refractivity contribution in [3.63, 3.8) is 0 Å². The van der Waals surface area contributed by atoms with Crippen molar-refractivity contribution in [3.05, 3.63) is 44.3 Å². The molecule has 0 aliphatic carbocycles. The van der Waals surface area contributed by atoms with Crippen molar-refractivity contribution in [1.29, 1.82) is 5.26 Å². The van der Waals surface area contributed by atoms with E-state index >= 15 is 0 Å². The number of phenols is 1. The van der Waals surface area contributed by atoms with Crippen LogP contribution in [0.2, 0.25) is 0 Å². The molecule has 1 aromatic carbocycles. The smallest absolute Gasteiger partial charge is 0.266 e. The molecule has 21 heavy (non-hydrogen) atoms. The first kappa shape index (κ1) is 15.1. The van der Waals surface area contributed by atoms with E-state index in [1.807, 2.05) is 6.07 Å². The van der Waals surface area contributed by atoms with E-state index in [1.165, 1.54) is 6.07 Å². The predicted molar refractivity (Wildman–Crippen MR) is 82.5 cm³/mol. The lowest BCUT2D eigenvalue weighted by atomic mass is 10.0. The van der Waals surface area contributed by atoms with Gasteiger partial charge in [0.1, 0.15) is 11.6 Å². The van der Waals surface area contributed by atoms with E-state index in [9.17, 15) is 15.2 Å². The van der Waals surface area contributed by atoms with Gasteiger partial charge >= 0.3 is 0 Å². The minimum Gasteiger partial charge on any atom is -0.504 e. The fourth-order valence-corrected chi connectivity index (χ4v) is 2.58. The molecule has 0 radical (unpaired) electrons. The summed E-state index contributed by atoms with van der Waals surface area (Å²) in [4.78, 5) is 14.5. The molecule has 0 saturated heterocycles. The number of aromatic hydroxyl groups is 1. The fraction of sp³-hybridized carbons (Fsp3) is 0.200. The van der Waals surface area contributed by atoms with E-state index in [0.29, 0.717) is 33.6 Å². The summed E-state index contributed by atoms with van der Waals surface area (Å²) in [6.07, 6.45) is 0. The first-order chi connectivity index (χ1) is 9.97. The summed E-state index contributed by atoms with van der Waals surface area (Å²) in [7, 11) is 0. The van der Waals surface area contributed by atoms with E-state index in [2.05, 4.69) is 20.9 Å². The van der Waals surface area contributed by atoms with Crippen LogP contribution < -0.4 is 10.3 Å². The summed E-state index contributed by atoms with van der Waals surface area (Å²) in [5, 5.41) is 19.0. The van der Waals surface area contributed by atoms with Crippen LogP contribution in [0.3, 0.4) is 0 Å². The highest BCUT2D eigenvalue weighted by Crippen LogP contribution is 2.38. The Labute approximate surface area is 129 Å². The zero-order valence-electron chi connectivity index (χ0n) is 11.5. The van der Waals surface area contributed by atoms with Gasteiger partial charge in [-0.3, -0.25) is 4.79 Å². The number of pyridine rings is 1. The summed E-state index contributed by atoms with van der Waals surface area (Å²) >= 11 is 3.34. The molecule has 0 spiro atoms. The van der Waals surface area contributed by atoms with Crippen LogP contribution in [0.1, 0.15) is 18.2 Å². The number of aryl methyl sites for hydroxylation is 1. The molecule has 1 heterocycles. The second-order valence-corrected chi connectivity index (χ2v) is 5.27. The van der Waals surface area contributed by atoms with Crippen LogP contribution in [0.5, 0.6) is 11.5 Å². The Kier molecular flexibility index (Phi) is 4.34. The number of aromatic nitrogens is 1. The summed E-state index contributed by atoms with van der Waals surface area (Å²) < 4.78 is 5.92. The third-order valence-electron chi connectivity index (χ3n) is 2.92. The molecule has 0 fully saturated rings. The van der Waals surface area contributed by atoms with Gasteiger partial charge in [-0.15, -0.1) is 0 Å². The zero-order chi connectivity index (χ0) is 15.6.